The van der Waals surface area contributed by atoms with Crippen LogP contribution in [-0.4, -0.2) is 34.1 Å². The number of nitrogens with zero attached hydrogens (tertiary/aromatic N) is 4. The van der Waals surface area contributed by atoms with Crippen LogP contribution >= 0.6 is 11.6 Å². The summed E-state index contributed by atoms with van der Waals surface area (Å²) in [6.45, 7) is 3.45. The molecule has 1 aliphatic heterocycles. The lowest BCUT2D eigenvalue weighted by molar-refractivity contribution is 0.240. The highest BCUT2D eigenvalue weighted by Gasteiger charge is 2.34. The normalized spacial score (nSPS) is 26.2. The second-order valence-corrected chi connectivity index (χ2v) is 5.91. The van der Waals surface area contributed by atoms with E-state index in [1.54, 1.807) is 0 Å². The minimum atomic E-state index is 0.219. The van der Waals surface area contributed by atoms with Gasteiger partial charge in [0.2, 0.25) is 11.2 Å². The molecule has 0 radical (unpaired) electrons. The van der Waals surface area contributed by atoms with Gasteiger partial charge < -0.3 is 9.64 Å². The van der Waals surface area contributed by atoms with Gasteiger partial charge in [0.1, 0.15) is 0 Å². The molecule has 1 aliphatic carbocycles. The molecule has 1 saturated heterocycles. The topological polar surface area (TPSA) is 51.1 Å². The summed E-state index contributed by atoms with van der Waals surface area (Å²) < 4.78 is 5.38. The van der Waals surface area contributed by atoms with Crippen molar-refractivity contribution in [2.75, 3.05) is 18.1 Å². The molecule has 0 N–H and O–H groups in total. The molecule has 0 unspecified atom stereocenters. The molecule has 1 aromatic rings. The van der Waals surface area contributed by atoms with Crippen LogP contribution in [0.3, 0.4) is 0 Å². The fourth-order valence-electron chi connectivity index (χ4n) is 3.52. The number of hydrogen-bond donors (Lipinski definition) is 0. The average molecular weight is 297 g/mol. The van der Waals surface area contributed by atoms with Crippen molar-refractivity contribution in [1.29, 1.82) is 0 Å². The number of ether oxygens (including phenoxy) is 1. The van der Waals surface area contributed by atoms with Gasteiger partial charge in [-0.25, -0.2) is 0 Å². The van der Waals surface area contributed by atoms with Crippen LogP contribution in [0.4, 0.5) is 5.95 Å². The largest absolute Gasteiger partial charge is 0.464 e. The highest BCUT2D eigenvalue weighted by atomic mass is 35.5. The molecule has 2 aliphatic rings. The molecular weight excluding hydrogens is 276 g/mol. The summed E-state index contributed by atoms with van der Waals surface area (Å²) in [5.74, 6) is 1.47. The SMILES string of the molecule is CCOc1nc(Cl)nc(N2CCC[C@H]3CCCC[C@H]32)n1. The Bertz CT molecular complexity index is 468. The zero-order valence-electron chi connectivity index (χ0n) is 11.9. The fourth-order valence-corrected chi connectivity index (χ4v) is 3.67. The van der Waals surface area contributed by atoms with Crippen LogP contribution in [0.15, 0.2) is 0 Å². The van der Waals surface area contributed by atoms with E-state index in [0.717, 1.165) is 12.5 Å². The Morgan fingerprint density at radius 1 is 1.15 bits per heavy atom. The first-order valence-corrected chi connectivity index (χ1v) is 7.96. The summed E-state index contributed by atoms with van der Waals surface area (Å²) >= 11 is 6.01. The Balaban J connectivity index is 1.86. The Hall–Kier alpha value is -1.10. The smallest absolute Gasteiger partial charge is 0.322 e. The number of halogens is 1. The third kappa shape index (κ3) is 2.82. The van der Waals surface area contributed by atoms with Crippen molar-refractivity contribution in [3.63, 3.8) is 0 Å². The minimum absolute atomic E-state index is 0.219. The van der Waals surface area contributed by atoms with Gasteiger partial charge in [-0.15, -0.1) is 0 Å². The van der Waals surface area contributed by atoms with Gasteiger partial charge in [-0.1, -0.05) is 12.8 Å². The maximum absolute atomic E-state index is 6.01. The van der Waals surface area contributed by atoms with Crippen molar-refractivity contribution in [2.45, 2.75) is 51.5 Å². The Morgan fingerprint density at radius 3 is 2.80 bits per heavy atom. The molecule has 2 atom stereocenters. The van der Waals surface area contributed by atoms with Crippen molar-refractivity contribution in [3.05, 3.63) is 5.28 Å². The molecule has 0 spiro atoms. The highest BCUT2D eigenvalue weighted by molar-refractivity contribution is 6.28. The van der Waals surface area contributed by atoms with Crippen molar-refractivity contribution in [1.82, 2.24) is 15.0 Å². The summed E-state index contributed by atoms with van der Waals surface area (Å²) in [6, 6.07) is 0.894. The number of piperidine rings is 1. The molecule has 0 bridgehead atoms. The Labute approximate surface area is 124 Å². The molecule has 3 rings (SSSR count). The minimum Gasteiger partial charge on any atom is -0.464 e. The van der Waals surface area contributed by atoms with Crippen molar-refractivity contribution >= 4 is 17.5 Å². The second-order valence-electron chi connectivity index (χ2n) is 5.57. The summed E-state index contributed by atoms with van der Waals surface area (Å²) in [5.41, 5.74) is 0. The van der Waals surface area contributed by atoms with E-state index < -0.39 is 0 Å². The van der Waals surface area contributed by atoms with Crippen LogP contribution in [0, 0.1) is 5.92 Å². The zero-order chi connectivity index (χ0) is 13.9. The van der Waals surface area contributed by atoms with Crippen LogP contribution in [0.5, 0.6) is 6.01 Å². The summed E-state index contributed by atoms with van der Waals surface area (Å²) in [4.78, 5) is 15.1. The van der Waals surface area contributed by atoms with E-state index in [0.29, 0.717) is 24.6 Å². The monoisotopic (exact) mass is 296 g/mol. The molecule has 2 fully saturated rings. The van der Waals surface area contributed by atoms with Crippen molar-refractivity contribution < 1.29 is 4.74 Å². The van der Waals surface area contributed by atoms with Gasteiger partial charge in [0.25, 0.3) is 0 Å². The van der Waals surface area contributed by atoms with E-state index in [9.17, 15) is 0 Å². The van der Waals surface area contributed by atoms with E-state index in [4.69, 9.17) is 16.3 Å². The molecule has 2 heterocycles. The van der Waals surface area contributed by atoms with E-state index in [-0.39, 0.29) is 5.28 Å². The molecule has 5 nitrogen and oxygen atoms in total. The molecular formula is C14H21ClN4O. The lowest BCUT2D eigenvalue weighted by Gasteiger charge is -2.44. The number of anilines is 1. The van der Waals surface area contributed by atoms with E-state index in [2.05, 4.69) is 19.9 Å². The third-order valence-electron chi connectivity index (χ3n) is 4.35. The number of fused-ring (bicyclic) bond motifs is 1. The van der Waals surface area contributed by atoms with Gasteiger partial charge in [0.05, 0.1) is 6.61 Å². The molecule has 1 saturated carbocycles. The molecule has 0 aromatic carbocycles. The van der Waals surface area contributed by atoms with Crippen molar-refractivity contribution in [3.8, 4) is 6.01 Å². The van der Waals surface area contributed by atoms with Gasteiger partial charge in [-0.2, -0.15) is 15.0 Å². The van der Waals surface area contributed by atoms with Gasteiger partial charge in [-0.05, 0) is 50.1 Å². The van der Waals surface area contributed by atoms with Gasteiger partial charge in [-0.3, -0.25) is 0 Å². The van der Waals surface area contributed by atoms with Gasteiger partial charge in [0.15, 0.2) is 0 Å². The quantitative estimate of drug-likeness (QED) is 0.858. The predicted octanol–water partition coefficient (Wildman–Crippen LogP) is 3.08. The lowest BCUT2D eigenvalue weighted by Crippen LogP contribution is -2.47. The predicted molar refractivity (Wildman–Crippen MR) is 78.3 cm³/mol. The standard InChI is InChI=1S/C14H21ClN4O/c1-2-20-14-17-12(15)16-13(18-14)19-9-5-7-10-6-3-4-8-11(10)19/h10-11H,2-9H2,1H3/t10-,11-/m1/s1. The maximum atomic E-state index is 6.01. The molecule has 0 amide bonds. The molecule has 20 heavy (non-hydrogen) atoms. The summed E-state index contributed by atoms with van der Waals surface area (Å²) in [7, 11) is 0. The van der Waals surface area contributed by atoms with Crippen LogP contribution in [0.2, 0.25) is 5.28 Å². The van der Waals surface area contributed by atoms with Crippen molar-refractivity contribution in [2.24, 2.45) is 5.92 Å². The first-order chi connectivity index (χ1) is 9.78. The highest BCUT2D eigenvalue weighted by Crippen LogP contribution is 2.37. The molecule has 1 aromatic heterocycles. The Morgan fingerprint density at radius 2 is 1.95 bits per heavy atom. The number of rotatable bonds is 3. The van der Waals surface area contributed by atoms with E-state index in [1.165, 1.54) is 38.5 Å². The number of aromatic nitrogens is 3. The van der Waals surface area contributed by atoms with Gasteiger partial charge in [0, 0.05) is 12.6 Å². The average Bonchev–Trinajstić information content (AvgIpc) is 2.46. The summed E-state index contributed by atoms with van der Waals surface area (Å²) in [5, 5.41) is 0.219. The van der Waals surface area contributed by atoms with Crippen LogP contribution < -0.4 is 9.64 Å². The first kappa shape index (κ1) is 13.9. The van der Waals surface area contributed by atoms with Crippen LogP contribution in [-0.2, 0) is 0 Å². The Kier molecular flexibility index (Phi) is 4.24. The summed E-state index contributed by atoms with van der Waals surface area (Å²) in [6.07, 6.45) is 7.76. The first-order valence-electron chi connectivity index (χ1n) is 7.59. The second kappa shape index (κ2) is 6.12. The molecule has 110 valence electrons. The molecule has 6 heteroatoms. The number of hydrogen-bond acceptors (Lipinski definition) is 5. The maximum Gasteiger partial charge on any atom is 0.322 e. The van der Waals surface area contributed by atoms with Crippen LogP contribution in [0.25, 0.3) is 0 Å². The fraction of sp³-hybridized carbons (Fsp3) is 0.786. The lowest BCUT2D eigenvalue weighted by atomic mass is 9.78. The third-order valence-corrected chi connectivity index (χ3v) is 4.52. The van der Waals surface area contributed by atoms with E-state index in [1.807, 2.05) is 6.92 Å². The van der Waals surface area contributed by atoms with Gasteiger partial charge >= 0.3 is 6.01 Å². The van der Waals surface area contributed by atoms with E-state index >= 15 is 0 Å². The zero-order valence-corrected chi connectivity index (χ0v) is 12.6. The van der Waals surface area contributed by atoms with Crippen LogP contribution in [0.1, 0.15) is 45.4 Å².